The Kier molecular flexibility index (Phi) is 3.13. The summed E-state index contributed by atoms with van der Waals surface area (Å²) in [5, 5.41) is 8.74. The van der Waals surface area contributed by atoms with Gasteiger partial charge in [-0.15, -0.1) is 0 Å². The van der Waals surface area contributed by atoms with Gasteiger partial charge >= 0.3 is 5.97 Å². The van der Waals surface area contributed by atoms with Gasteiger partial charge in [-0.25, -0.2) is 4.79 Å². The summed E-state index contributed by atoms with van der Waals surface area (Å²) < 4.78 is 5.50. The molecule has 1 fully saturated rings. The number of carbonyl (C=O) groups excluding carboxylic acids is 1. The van der Waals surface area contributed by atoms with Crippen molar-refractivity contribution < 1.29 is 19.4 Å². The number of rotatable bonds is 5. The van der Waals surface area contributed by atoms with E-state index in [1.165, 1.54) is 0 Å². The lowest BCUT2D eigenvalue weighted by atomic mass is 10.1. The Morgan fingerprint density at radius 3 is 2.71 bits per heavy atom. The molecule has 0 spiro atoms. The molecular formula is C13H14O4. The van der Waals surface area contributed by atoms with E-state index < -0.39 is 11.8 Å². The maximum Gasteiger partial charge on any atom is 0.377 e. The van der Waals surface area contributed by atoms with Gasteiger partial charge in [0.2, 0.25) is 0 Å². The zero-order chi connectivity index (χ0) is 12.4. The molecule has 17 heavy (non-hydrogen) atoms. The predicted molar refractivity (Wildman–Crippen MR) is 61.4 cm³/mol. The molecule has 4 nitrogen and oxygen atoms in total. The number of carboxylic acid groups (broad SMARTS) is 1. The van der Waals surface area contributed by atoms with Crippen LogP contribution in [0, 0.1) is 12.8 Å². The van der Waals surface area contributed by atoms with Crippen LogP contribution < -0.4 is 4.74 Å². The van der Waals surface area contributed by atoms with Gasteiger partial charge in [-0.05, 0) is 37.8 Å². The normalized spacial score (nSPS) is 14.4. The third-order valence-electron chi connectivity index (χ3n) is 2.75. The van der Waals surface area contributed by atoms with Crippen molar-refractivity contribution >= 4 is 11.8 Å². The molecule has 0 heterocycles. The van der Waals surface area contributed by atoms with Crippen LogP contribution in [0.2, 0.25) is 0 Å². The first-order valence-electron chi connectivity index (χ1n) is 5.59. The first-order chi connectivity index (χ1) is 8.08. The molecule has 1 aliphatic carbocycles. The highest BCUT2D eigenvalue weighted by Crippen LogP contribution is 2.30. The van der Waals surface area contributed by atoms with Crippen LogP contribution in [0.1, 0.15) is 28.8 Å². The summed E-state index contributed by atoms with van der Waals surface area (Å²) in [5.74, 6) is -1.44. The van der Waals surface area contributed by atoms with E-state index in [-0.39, 0.29) is 5.56 Å². The molecule has 0 radical (unpaired) electrons. The predicted octanol–water partition coefficient (Wildman–Crippen LogP) is 2.05. The van der Waals surface area contributed by atoms with Gasteiger partial charge in [0.15, 0.2) is 0 Å². The maximum absolute atomic E-state index is 11.5. The molecule has 0 saturated heterocycles. The van der Waals surface area contributed by atoms with Crippen LogP contribution in [0.3, 0.4) is 0 Å². The van der Waals surface area contributed by atoms with Gasteiger partial charge in [0.1, 0.15) is 5.75 Å². The quantitative estimate of drug-likeness (QED) is 0.625. The molecule has 0 bridgehead atoms. The summed E-state index contributed by atoms with van der Waals surface area (Å²) in [6, 6.07) is 5.02. The number of carboxylic acids is 1. The standard InChI is InChI=1S/C13H14O4/c1-8-2-5-11(17-7-9-3-4-9)10(6-8)12(14)13(15)16/h2,5-6,9H,3-4,7H2,1H3,(H,15,16). The topological polar surface area (TPSA) is 63.6 Å². The van der Waals surface area contributed by atoms with Gasteiger partial charge in [0, 0.05) is 0 Å². The zero-order valence-corrected chi connectivity index (χ0v) is 9.60. The molecule has 0 unspecified atom stereocenters. The number of aryl methyl sites for hydroxylation is 1. The Labute approximate surface area is 99.2 Å². The van der Waals surface area contributed by atoms with E-state index in [2.05, 4.69) is 0 Å². The van der Waals surface area contributed by atoms with Crippen LogP contribution in [0.25, 0.3) is 0 Å². The molecule has 4 heteroatoms. The minimum absolute atomic E-state index is 0.137. The molecule has 1 aromatic carbocycles. The first kappa shape index (κ1) is 11.6. The number of Topliss-reactive ketones (excluding diaryl/α,β-unsaturated/α-hetero) is 1. The molecule has 0 aromatic heterocycles. The minimum atomic E-state index is -1.45. The van der Waals surface area contributed by atoms with Crippen molar-refractivity contribution in [2.24, 2.45) is 5.92 Å². The fourth-order valence-corrected chi connectivity index (χ4v) is 1.55. The second kappa shape index (κ2) is 4.57. The SMILES string of the molecule is Cc1ccc(OCC2CC2)c(C(=O)C(=O)O)c1. The zero-order valence-electron chi connectivity index (χ0n) is 9.60. The van der Waals surface area contributed by atoms with E-state index in [4.69, 9.17) is 9.84 Å². The van der Waals surface area contributed by atoms with Gasteiger partial charge in [-0.1, -0.05) is 11.6 Å². The van der Waals surface area contributed by atoms with E-state index in [1.54, 1.807) is 18.2 Å². The lowest BCUT2D eigenvalue weighted by Crippen LogP contribution is -2.15. The molecule has 2 rings (SSSR count). The van der Waals surface area contributed by atoms with Gasteiger partial charge in [-0.2, -0.15) is 0 Å². The van der Waals surface area contributed by atoms with Crippen LogP contribution in [0.4, 0.5) is 0 Å². The van der Waals surface area contributed by atoms with Crippen molar-refractivity contribution in [3.05, 3.63) is 29.3 Å². The second-order valence-electron chi connectivity index (χ2n) is 4.39. The third-order valence-corrected chi connectivity index (χ3v) is 2.75. The largest absolute Gasteiger partial charge is 0.493 e. The highest BCUT2D eigenvalue weighted by molar-refractivity contribution is 6.40. The van der Waals surface area contributed by atoms with Gasteiger partial charge < -0.3 is 9.84 Å². The highest BCUT2D eigenvalue weighted by Gasteiger charge is 2.24. The van der Waals surface area contributed by atoms with E-state index in [9.17, 15) is 9.59 Å². The van der Waals surface area contributed by atoms with E-state index in [0.717, 1.165) is 18.4 Å². The Morgan fingerprint density at radius 2 is 2.12 bits per heavy atom. The number of hydrogen-bond acceptors (Lipinski definition) is 3. The van der Waals surface area contributed by atoms with Crippen LogP contribution >= 0.6 is 0 Å². The molecular weight excluding hydrogens is 220 g/mol. The van der Waals surface area contributed by atoms with Crippen molar-refractivity contribution in [2.45, 2.75) is 19.8 Å². The van der Waals surface area contributed by atoms with Gasteiger partial charge in [-0.3, -0.25) is 4.79 Å². The summed E-state index contributed by atoms with van der Waals surface area (Å²) in [6.07, 6.45) is 2.29. The molecule has 1 aromatic rings. The summed E-state index contributed by atoms with van der Waals surface area (Å²) >= 11 is 0. The monoisotopic (exact) mass is 234 g/mol. The number of ether oxygens (including phenoxy) is 1. The number of ketones is 1. The summed E-state index contributed by atoms with van der Waals surface area (Å²) in [7, 11) is 0. The van der Waals surface area contributed by atoms with Crippen molar-refractivity contribution in [2.75, 3.05) is 6.61 Å². The van der Waals surface area contributed by atoms with Gasteiger partial charge in [0.25, 0.3) is 5.78 Å². The number of carbonyl (C=O) groups is 2. The smallest absolute Gasteiger partial charge is 0.377 e. The molecule has 90 valence electrons. The molecule has 1 N–H and O–H groups in total. The minimum Gasteiger partial charge on any atom is -0.493 e. The summed E-state index contributed by atoms with van der Waals surface area (Å²) in [6.45, 7) is 2.37. The van der Waals surface area contributed by atoms with Gasteiger partial charge in [0.05, 0.1) is 12.2 Å². The molecule has 0 atom stereocenters. The van der Waals surface area contributed by atoms with Crippen LogP contribution in [-0.2, 0) is 4.79 Å². The Balaban J connectivity index is 2.22. The van der Waals surface area contributed by atoms with Crippen molar-refractivity contribution in [3.63, 3.8) is 0 Å². The van der Waals surface area contributed by atoms with Crippen molar-refractivity contribution in [1.82, 2.24) is 0 Å². The van der Waals surface area contributed by atoms with Crippen molar-refractivity contribution in [3.8, 4) is 5.75 Å². The fourth-order valence-electron chi connectivity index (χ4n) is 1.55. The van der Waals surface area contributed by atoms with E-state index in [0.29, 0.717) is 18.3 Å². The molecule has 0 aliphatic heterocycles. The van der Waals surface area contributed by atoms with Crippen LogP contribution in [0.5, 0.6) is 5.75 Å². The number of hydrogen-bond donors (Lipinski definition) is 1. The third kappa shape index (κ3) is 2.84. The molecule has 1 saturated carbocycles. The summed E-state index contributed by atoms with van der Waals surface area (Å²) in [4.78, 5) is 22.2. The summed E-state index contributed by atoms with van der Waals surface area (Å²) in [5.41, 5.74) is 0.978. The van der Waals surface area contributed by atoms with Crippen molar-refractivity contribution in [1.29, 1.82) is 0 Å². The Morgan fingerprint density at radius 1 is 1.41 bits per heavy atom. The maximum atomic E-state index is 11.5. The first-order valence-corrected chi connectivity index (χ1v) is 5.59. The molecule has 1 aliphatic rings. The lowest BCUT2D eigenvalue weighted by molar-refractivity contribution is -0.131. The number of benzene rings is 1. The Hall–Kier alpha value is -1.84. The lowest BCUT2D eigenvalue weighted by Gasteiger charge is -2.09. The second-order valence-corrected chi connectivity index (χ2v) is 4.39. The van der Waals surface area contributed by atoms with Crippen LogP contribution in [-0.4, -0.2) is 23.5 Å². The Bertz CT molecular complexity index is 460. The average Bonchev–Trinajstić information content (AvgIpc) is 3.10. The highest BCUT2D eigenvalue weighted by atomic mass is 16.5. The average molecular weight is 234 g/mol. The molecule has 0 amide bonds. The van der Waals surface area contributed by atoms with Crippen LogP contribution in [0.15, 0.2) is 18.2 Å². The van der Waals surface area contributed by atoms with E-state index >= 15 is 0 Å². The number of aliphatic carboxylic acids is 1. The van der Waals surface area contributed by atoms with E-state index in [1.807, 2.05) is 6.92 Å². The fraction of sp³-hybridized carbons (Fsp3) is 0.385.